The van der Waals surface area contributed by atoms with Crippen LogP contribution in [0.25, 0.3) is 0 Å². The molecule has 1 atom stereocenters. The van der Waals surface area contributed by atoms with Gasteiger partial charge in [0.15, 0.2) is 28.2 Å². The molecule has 0 fully saturated rings. The number of nitrogens with one attached hydrogen (secondary N) is 2. The maximum Gasteiger partial charge on any atom is 0.246 e. The SMILES string of the molecule is CCN[C@H](C)CNS(=O)(=O)c1c(F)c(F)cc(F)c1F.Cl. The van der Waals surface area contributed by atoms with Crippen LogP contribution in [0.3, 0.4) is 0 Å². The second-order valence-corrected chi connectivity index (χ2v) is 5.81. The van der Waals surface area contributed by atoms with Gasteiger partial charge >= 0.3 is 0 Å². The monoisotopic (exact) mass is 350 g/mol. The van der Waals surface area contributed by atoms with E-state index in [1.807, 2.05) is 4.72 Å². The summed E-state index contributed by atoms with van der Waals surface area (Å²) in [6.07, 6.45) is 0. The smallest absolute Gasteiger partial charge is 0.246 e. The van der Waals surface area contributed by atoms with Crippen LogP contribution < -0.4 is 10.0 Å². The number of benzene rings is 1. The van der Waals surface area contributed by atoms with Crippen LogP contribution in [0.1, 0.15) is 13.8 Å². The van der Waals surface area contributed by atoms with Crippen molar-refractivity contribution in [1.29, 1.82) is 0 Å². The topological polar surface area (TPSA) is 58.2 Å². The molecule has 10 heteroatoms. The lowest BCUT2D eigenvalue weighted by atomic mass is 10.3. The van der Waals surface area contributed by atoms with Crippen LogP contribution >= 0.6 is 12.4 Å². The van der Waals surface area contributed by atoms with Crippen LogP contribution in [-0.2, 0) is 10.0 Å². The fourth-order valence-corrected chi connectivity index (χ4v) is 2.80. The number of hydrogen-bond acceptors (Lipinski definition) is 3. The minimum atomic E-state index is -4.70. The second-order valence-electron chi connectivity index (χ2n) is 4.11. The quantitative estimate of drug-likeness (QED) is 0.609. The number of halogens is 5. The average Bonchev–Trinajstić information content (AvgIpc) is 2.35. The Morgan fingerprint density at radius 2 is 1.62 bits per heavy atom. The van der Waals surface area contributed by atoms with E-state index >= 15 is 0 Å². The summed E-state index contributed by atoms with van der Waals surface area (Å²) >= 11 is 0. The van der Waals surface area contributed by atoms with Crippen LogP contribution in [0.4, 0.5) is 17.6 Å². The van der Waals surface area contributed by atoms with E-state index in [0.717, 1.165) is 0 Å². The van der Waals surface area contributed by atoms with Gasteiger partial charge < -0.3 is 5.32 Å². The highest BCUT2D eigenvalue weighted by Gasteiger charge is 2.29. The Morgan fingerprint density at radius 3 is 2.05 bits per heavy atom. The number of likely N-dealkylation sites (N-methyl/N-ethyl adjacent to an activating group) is 1. The summed E-state index contributed by atoms with van der Waals surface area (Å²) in [6.45, 7) is 3.78. The van der Waals surface area contributed by atoms with Crippen molar-refractivity contribution < 1.29 is 26.0 Å². The molecule has 21 heavy (non-hydrogen) atoms. The van der Waals surface area contributed by atoms with Crippen LogP contribution in [0, 0.1) is 23.3 Å². The molecule has 0 bridgehead atoms. The largest absolute Gasteiger partial charge is 0.313 e. The molecule has 4 nitrogen and oxygen atoms in total. The first-order valence-electron chi connectivity index (χ1n) is 5.76. The molecule has 0 aliphatic heterocycles. The number of sulfonamides is 1. The van der Waals surface area contributed by atoms with Crippen molar-refractivity contribution in [3.8, 4) is 0 Å². The fraction of sp³-hybridized carbons (Fsp3) is 0.455. The lowest BCUT2D eigenvalue weighted by Crippen LogP contribution is -2.39. The van der Waals surface area contributed by atoms with Gasteiger partial charge in [-0.05, 0) is 13.5 Å². The minimum Gasteiger partial charge on any atom is -0.313 e. The summed E-state index contributed by atoms with van der Waals surface area (Å²) in [4.78, 5) is -1.65. The number of hydrogen-bond donors (Lipinski definition) is 2. The molecule has 0 spiro atoms. The van der Waals surface area contributed by atoms with Gasteiger partial charge in [0, 0.05) is 18.7 Å². The van der Waals surface area contributed by atoms with Crippen molar-refractivity contribution >= 4 is 22.4 Å². The average molecular weight is 351 g/mol. The van der Waals surface area contributed by atoms with E-state index in [0.29, 0.717) is 6.54 Å². The molecule has 122 valence electrons. The molecule has 0 aliphatic carbocycles. The zero-order chi connectivity index (χ0) is 15.5. The lowest BCUT2D eigenvalue weighted by molar-refractivity contribution is 0.417. The van der Waals surface area contributed by atoms with Gasteiger partial charge in [-0.3, -0.25) is 0 Å². The molecule has 0 saturated heterocycles. The summed E-state index contributed by atoms with van der Waals surface area (Å²) in [5.41, 5.74) is 0. The third-order valence-electron chi connectivity index (χ3n) is 2.47. The summed E-state index contributed by atoms with van der Waals surface area (Å²) in [5.74, 6) is -7.45. The van der Waals surface area contributed by atoms with Gasteiger partial charge in [-0.2, -0.15) is 0 Å². The van der Waals surface area contributed by atoms with E-state index in [-0.39, 0.29) is 31.1 Å². The Labute approximate surface area is 126 Å². The molecule has 1 rings (SSSR count). The Hall–Kier alpha value is -0.900. The molecular formula is C11H15ClF4N2O2S. The second kappa shape index (κ2) is 7.92. The van der Waals surface area contributed by atoms with E-state index < -0.39 is 38.2 Å². The van der Waals surface area contributed by atoms with E-state index in [4.69, 9.17) is 0 Å². The van der Waals surface area contributed by atoms with Gasteiger partial charge in [-0.25, -0.2) is 30.7 Å². The minimum absolute atomic E-state index is 0. The molecule has 0 aromatic heterocycles. The first-order chi connectivity index (χ1) is 9.20. The van der Waals surface area contributed by atoms with Crippen LogP contribution in [-0.4, -0.2) is 27.5 Å². The summed E-state index contributed by atoms with van der Waals surface area (Å²) < 4.78 is 78.1. The lowest BCUT2D eigenvalue weighted by Gasteiger charge is -2.14. The molecule has 0 radical (unpaired) electrons. The molecule has 0 unspecified atom stereocenters. The number of rotatable bonds is 6. The van der Waals surface area contributed by atoms with Crippen molar-refractivity contribution in [2.24, 2.45) is 0 Å². The fourth-order valence-electron chi connectivity index (χ4n) is 1.51. The predicted molar refractivity (Wildman–Crippen MR) is 71.8 cm³/mol. The zero-order valence-electron chi connectivity index (χ0n) is 11.2. The Morgan fingerprint density at radius 1 is 1.14 bits per heavy atom. The maximum atomic E-state index is 13.4. The maximum absolute atomic E-state index is 13.4. The van der Waals surface area contributed by atoms with Crippen LogP contribution in [0.15, 0.2) is 11.0 Å². The van der Waals surface area contributed by atoms with E-state index in [1.54, 1.807) is 13.8 Å². The third-order valence-corrected chi connectivity index (χ3v) is 3.91. The van der Waals surface area contributed by atoms with Gasteiger partial charge in [-0.15, -0.1) is 12.4 Å². The first kappa shape index (κ1) is 20.1. The van der Waals surface area contributed by atoms with Crippen LogP contribution in [0.2, 0.25) is 0 Å². The highest BCUT2D eigenvalue weighted by molar-refractivity contribution is 7.89. The van der Waals surface area contributed by atoms with Gasteiger partial charge in [0.05, 0.1) is 0 Å². The van der Waals surface area contributed by atoms with Gasteiger partial charge in [0.2, 0.25) is 10.0 Å². The van der Waals surface area contributed by atoms with Crippen molar-refractivity contribution in [2.75, 3.05) is 13.1 Å². The predicted octanol–water partition coefficient (Wildman–Crippen LogP) is 1.94. The van der Waals surface area contributed by atoms with E-state index in [2.05, 4.69) is 5.32 Å². The molecule has 0 aliphatic rings. The van der Waals surface area contributed by atoms with Crippen molar-refractivity contribution in [2.45, 2.75) is 24.8 Å². The molecule has 0 saturated carbocycles. The molecule has 0 heterocycles. The third kappa shape index (κ3) is 4.80. The van der Waals surface area contributed by atoms with Crippen molar-refractivity contribution in [3.63, 3.8) is 0 Å². The van der Waals surface area contributed by atoms with E-state index in [9.17, 15) is 26.0 Å². The highest BCUT2D eigenvalue weighted by atomic mass is 35.5. The van der Waals surface area contributed by atoms with Gasteiger partial charge in [-0.1, -0.05) is 6.92 Å². The Kier molecular flexibility index (Phi) is 7.58. The Bertz CT molecular complexity index is 572. The summed E-state index contributed by atoms with van der Waals surface area (Å²) in [6, 6.07) is -0.371. The summed E-state index contributed by atoms with van der Waals surface area (Å²) in [7, 11) is -4.70. The Balaban J connectivity index is 0.00000400. The van der Waals surface area contributed by atoms with Crippen molar-refractivity contribution in [3.05, 3.63) is 29.3 Å². The van der Waals surface area contributed by atoms with E-state index in [1.165, 1.54) is 0 Å². The molecular weight excluding hydrogens is 336 g/mol. The van der Waals surface area contributed by atoms with Crippen molar-refractivity contribution in [1.82, 2.24) is 10.0 Å². The molecule has 2 N–H and O–H groups in total. The van der Waals surface area contributed by atoms with Gasteiger partial charge in [0.25, 0.3) is 0 Å². The van der Waals surface area contributed by atoms with Gasteiger partial charge in [0.1, 0.15) is 0 Å². The van der Waals surface area contributed by atoms with Crippen LogP contribution in [0.5, 0.6) is 0 Å². The standard InChI is InChI=1S/C11H14F4N2O2S.ClH/c1-3-16-6(2)5-17-20(18,19)11-9(14)7(12)4-8(13)10(11)15;/h4,6,16-17H,3,5H2,1-2H3;1H/t6-;/m1./s1. The summed E-state index contributed by atoms with van der Waals surface area (Å²) in [5, 5.41) is 2.86. The zero-order valence-corrected chi connectivity index (χ0v) is 12.8. The normalized spacial score (nSPS) is 12.9. The highest BCUT2D eigenvalue weighted by Crippen LogP contribution is 2.23. The first-order valence-corrected chi connectivity index (χ1v) is 7.25. The molecule has 1 aromatic rings. The molecule has 1 aromatic carbocycles. The molecule has 0 amide bonds.